The quantitative estimate of drug-likeness (QED) is 0.881. The molecular formula is C13H20N2O2S. The first-order valence-electron chi connectivity index (χ1n) is 6.39. The molecule has 1 fully saturated rings. The lowest BCUT2D eigenvalue weighted by atomic mass is 10.1. The van der Waals surface area contributed by atoms with E-state index < -0.39 is 0 Å². The van der Waals surface area contributed by atoms with Crippen molar-refractivity contribution in [2.24, 2.45) is 0 Å². The van der Waals surface area contributed by atoms with Gasteiger partial charge in [0.2, 0.25) is 0 Å². The van der Waals surface area contributed by atoms with Crippen LogP contribution in [0.2, 0.25) is 0 Å². The molecule has 1 aliphatic rings. The largest absolute Gasteiger partial charge is 0.378 e. The molecule has 1 saturated heterocycles. The Morgan fingerprint density at radius 1 is 1.61 bits per heavy atom. The van der Waals surface area contributed by atoms with Crippen molar-refractivity contribution >= 4 is 22.4 Å². The summed E-state index contributed by atoms with van der Waals surface area (Å²) < 4.78 is 5.56. The van der Waals surface area contributed by atoms with Crippen LogP contribution in [0, 0.1) is 6.92 Å². The molecule has 2 amide bonds. The van der Waals surface area contributed by atoms with Crippen molar-refractivity contribution in [1.29, 1.82) is 0 Å². The Bertz CT molecular complexity index is 399. The van der Waals surface area contributed by atoms with Crippen LogP contribution < -0.4 is 10.6 Å². The first-order chi connectivity index (χ1) is 8.63. The van der Waals surface area contributed by atoms with Gasteiger partial charge in [-0.25, -0.2) is 4.79 Å². The van der Waals surface area contributed by atoms with Gasteiger partial charge >= 0.3 is 6.03 Å². The summed E-state index contributed by atoms with van der Waals surface area (Å²) in [4.78, 5) is 12.9. The lowest BCUT2D eigenvalue weighted by Crippen LogP contribution is -2.37. The SMILES string of the molecule is Cc1ccc(NC(=O)NC(C)CC2CCCO2)s1. The molecule has 0 radical (unpaired) electrons. The van der Waals surface area contributed by atoms with E-state index in [2.05, 4.69) is 10.6 Å². The van der Waals surface area contributed by atoms with Crippen molar-refractivity contribution in [1.82, 2.24) is 5.32 Å². The number of urea groups is 1. The summed E-state index contributed by atoms with van der Waals surface area (Å²) in [5, 5.41) is 6.67. The molecule has 2 heterocycles. The molecule has 100 valence electrons. The zero-order valence-corrected chi connectivity index (χ0v) is 11.7. The van der Waals surface area contributed by atoms with Crippen molar-refractivity contribution in [3.05, 3.63) is 17.0 Å². The molecule has 0 saturated carbocycles. The summed E-state index contributed by atoms with van der Waals surface area (Å²) in [6, 6.07) is 3.91. The summed E-state index contributed by atoms with van der Waals surface area (Å²) in [5.41, 5.74) is 0. The van der Waals surface area contributed by atoms with E-state index in [1.807, 2.05) is 26.0 Å². The number of rotatable bonds is 4. The number of anilines is 1. The maximum absolute atomic E-state index is 11.7. The maximum atomic E-state index is 11.7. The van der Waals surface area contributed by atoms with Gasteiger partial charge < -0.3 is 10.1 Å². The van der Waals surface area contributed by atoms with Crippen molar-refractivity contribution in [3.8, 4) is 0 Å². The van der Waals surface area contributed by atoms with Crippen LogP contribution in [0.1, 0.15) is 31.1 Å². The second-order valence-corrected chi connectivity index (χ2v) is 6.07. The molecule has 1 aromatic heterocycles. The number of aryl methyl sites for hydroxylation is 1. The topological polar surface area (TPSA) is 50.4 Å². The molecule has 0 bridgehead atoms. The molecule has 2 atom stereocenters. The molecule has 0 aromatic carbocycles. The van der Waals surface area contributed by atoms with Crippen molar-refractivity contribution in [3.63, 3.8) is 0 Å². The Morgan fingerprint density at radius 2 is 2.44 bits per heavy atom. The minimum absolute atomic E-state index is 0.133. The van der Waals surface area contributed by atoms with Gasteiger partial charge in [0.05, 0.1) is 11.1 Å². The van der Waals surface area contributed by atoms with Crippen LogP contribution in [-0.2, 0) is 4.74 Å². The molecular weight excluding hydrogens is 248 g/mol. The number of amides is 2. The fraction of sp³-hybridized carbons (Fsp3) is 0.615. The zero-order valence-electron chi connectivity index (χ0n) is 10.9. The standard InChI is InChI=1S/C13H20N2O2S/c1-9(8-11-4-3-7-17-11)14-13(16)15-12-6-5-10(2)18-12/h5-6,9,11H,3-4,7-8H2,1-2H3,(H2,14,15,16). The number of carbonyl (C=O) groups excluding carboxylic acids is 1. The fourth-order valence-corrected chi connectivity index (χ4v) is 2.92. The third-order valence-electron chi connectivity index (χ3n) is 3.00. The minimum atomic E-state index is -0.137. The van der Waals surface area contributed by atoms with Crippen LogP contribution in [0.15, 0.2) is 12.1 Å². The lowest BCUT2D eigenvalue weighted by Gasteiger charge is -2.17. The zero-order chi connectivity index (χ0) is 13.0. The minimum Gasteiger partial charge on any atom is -0.378 e. The molecule has 1 aromatic rings. The van der Waals surface area contributed by atoms with Gasteiger partial charge in [-0.2, -0.15) is 0 Å². The highest BCUT2D eigenvalue weighted by Gasteiger charge is 2.19. The molecule has 2 N–H and O–H groups in total. The van der Waals surface area contributed by atoms with E-state index in [4.69, 9.17) is 4.74 Å². The number of nitrogens with one attached hydrogen (secondary N) is 2. The molecule has 5 heteroatoms. The summed E-state index contributed by atoms with van der Waals surface area (Å²) in [6.07, 6.45) is 3.44. The lowest BCUT2D eigenvalue weighted by molar-refractivity contribution is 0.0973. The molecule has 0 aliphatic carbocycles. The highest BCUT2D eigenvalue weighted by Crippen LogP contribution is 2.20. The number of carbonyl (C=O) groups is 1. The van der Waals surface area contributed by atoms with E-state index in [1.165, 1.54) is 4.88 Å². The van der Waals surface area contributed by atoms with Crippen LogP contribution >= 0.6 is 11.3 Å². The molecule has 0 spiro atoms. The van der Waals surface area contributed by atoms with E-state index in [0.717, 1.165) is 30.9 Å². The third kappa shape index (κ3) is 3.99. The van der Waals surface area contributed by atoms with Crippen LogP contribution in [0.25, 0.3) is 0 Å². The van der Waals surface area contributed by atoms with Gasteiger partial charge in [-0.3, -0.25) is 5.32 Å². The van der Waals surface area contributed by atoms with Crippen molar-refractivity contribution in [2.75, 3.05) is 11.9 Å². The summed E-state index contributed by atoms with van der Waals surface area (Å²) in [5.74, 6) is 0. The van der Waals surface area contributed by atoms with E-state index in [-0.39, 0.29) is 12.1 Å². The highest BCUT2D eigenvalue weighted by atomic mass is 32.1. The second kappa shape index (κ2) is 6.20. The van der Waals surface area contributed by atoms with Crippen molar-refractivity contribution < 1.29 is 9.53 Å². The first kappa shape index (κ1) is 13.4. The Hall–Kier alpha value is -1.07. The number of hydrogen-bond acceptors (Lipinski definition) is 3. The smallest absolute Gasteiger partial charge is 0.320 e. The fourth-order valence-electron chi connectivity index (χ4n) is 2.16. The molecule has 1 aliphatic heterocycles. The van der Waals surface area contributed by atoms with E-state index in [0.29, 0.717) is 6.10 Å². The number of thiophene rings is 1. The van der Waals surface area contributed by atoms with Gasteiger partial charge in [-0.1, -0.05) is 0 Å². The average Bonchev–Trinajstić information content (AvgIpc) is 2.90. The summed E-state index contributed by atoms with van der Waals surface area (Å²) >= 11 is 1.58. The Kier molecular flexibility index (Phi) is 4.60. The van der Waals surface area contributed by atoms with Gasteiger partial charge in [0.15, 0.2) is 0 Å². The summed E-state index contributed by atoms with van der Waals surface area (Å²) in [7, 11) is 0. The van der Waals surface area contributed by atoms with E-state index in [1.54, 1.807) is 11.3 Å². The van der Waals surface area contributed by atoms with E-state index in [9.17, 15) is 4.79 Å². The molecule has 4 nitrogen and oxygen atoms in total. The third-order valence-corrected chi connectivity index (χ3v) is 3.91. The highest BCUT2D eigenvalue weighted by molar-refractivity contribution is 7.16. The normalized spacial score (nSPS) is 20.7. The van der Waals surface area contributed by atoms with Crippen LogP contribution in [-0.4, -0.2) is 24.8 Å². The molecule has 2 unspecified atom stereocenters. The maximum Gasteiger partial charge on any atom is 0.320 e. The Balaban J connectivity index is 1.72. The Morgan fingerprint density at radius 3 is 3.06 bits per heavy atom. The number of hydrogen-bond donors (Lipinski definition) is 2. The van der Waals surface area contributed by atoms with E-state index >= 15 is 0 Å². The van der Waals surface area contributed by atoms with Crippen LogP contribution in [0.3, 0.4) is 0 Å². The van der Waals surface area contributed by atoms with Crippen molar-refractivity contribution in [2.45, 2.75) is 45.3 Å². The summed E-state index contributed by atoms with van der Waals surface area (Å²) in [6.45, 7) is 4.90. The van der Waals surface area contributed by atoms with Crippen LogP contribution in [0.4, 0.5) is 9.80 Å². The predicted molar refractivity (Wildman–Crippen MR) is 74.3 cm³/mol. The monoisotopic (exact) mass is 268 g/mol. The first-order valence-corrected chi connectivity index (χ1v) is 7.20. The van der Waals surface area contributed by atoms with Gasteiger partial charge in [0, 0.05) is 17.5 Å². The van der Waals surface area contributed by atoms with Gasteiger partial charge in [-0.15, -0.1) is 11.3 Å². The molecule has 18 heavy (non-hydrogen) atoms. The Labute approximate surface area is 112 Å². The second-order valence-electron chi connectivity index (χ2n) is 4.78. The van der Waals surface area contributed by atoms with Gasteiger partial charge in [0.25, 0.3) is 0 Å². The van der Waals surface area contributed by atoms with Crippen LogP contribution in [0.5, 0.6) is 0 Å². The average molecular weight is 268 g/mol. The predicted octanol–water partition coefficient (Wildman–Crippen LogP) is 3.14. The van der Waals surface area contributed by atoms with Gasteiger partial charge in [0.1, 0.15) is 0 Å². The molecule has 2 rings (SSSR count). The number of ether oxygens (including phenoxy) is 1. The van der Waals surface area contributed by atoms with Gasteiger partial charge in [-0.05, 0) is 45.2 Å².